The van der Waals surface area contributed by atoms with E-state index in [9.17, 15) is 14.4 Å². The van der Waals surface area contributed by atoms with Gasteiger partial charge >= 0.3 is 17.8 Å². The number of hydrogen-bond donors (Lipinski definition) is 1. The lowest BCUT2D eigenvalue weighted by molar-refractivity contribution is -0.153. The largest absolute Gasteiger partial charge is 0.466 e. The van der Waals surface area contributed by atoms with Crippen molar-refractivity contribution in [2.24, 2.45) is 5.92 Å². The van der Waals surface area contributed by atoms with E-state index in [2.05, 4.69) is 5.32 Å². The molecule has 1 heterocycles. The fourth-order valence-electron chi connectivity index (χ4n) is 2.66. The van der Waals surface area contributed by atoms with Crippen molar-refractivity contribution in [2.75, 3.05) is 25.0 Å². The predicted molar refractivity (Wildman–Crippen MR) is 90.8 cm³/mol. The summed E-state index contributed by atoms with van der Waals surface area (Å²) in [7, 11) is 0. The van der Waals surface area contributed by atoms with Gasteiger partial charge in [0.2, 0.25) is 0 Å². The van der Waals surface area contributed by atoms with Crippen molar-refractivity contribution < 1.29 is 19.1 Å². The van der Waals surface area contributed by atoms with Crippen molar-refractivity contribution in [2.45, 2.75) is 26.7 Å². The number of esters is 1. The third-order valence-corrected chi connectivity index (χ3v) is 4.21. The Morgan fingerprint density at radius 2 is 2.12 bits per heavy atom. The van der Waals surface area contributed by atoms with Crippen LogP contribution in [0.4, 0.5) is 5.69 Å². The van der Waals surface area contributed by atoms with Crippen LogP contribution in [0.1, 0.15) is 25.3 Å². The third kappa shape index (κ3) is 4.47. The number of nitrogens with zero attached hydrogens (tertiary/aromatic N) is 1. The zero-order valence-electron chi connectivity index (χ0n) is 13.8. The molecule has 0 spiro atoms. The molecule has 2 amide bonds. The number of amides is 2. The van der Waals surface area contributed by atoms with Gasteiger partial charge in [-0.2, -0.15) is 0 Å². The molecule has 6 nitrogen and oxygen atoms in total. The Bertz CT molecular complexity index is 647. The van der Waals surface area contributed by atoms with Crippen LogP contribution in [-0.4, -0.2) is 42.4 Å². The van der Waals surface area contributed by atoms with E-state index < -0.39 is 11.8 Å². The zero-order chi connectivity index (χ0) is 17.7. The fourth-order valence-corrected chi connectivity index (χ4v) is 2.83. The van der Waals surface area contributed by atoms with Gasteiger partial charge in [-0.1, -0.05) is 17.7 Å². The Morgan fingerprint density at radius 3 is 2.83 bits per heavy atom. The van der Waals surface area contributed by atoms with Crippen LogP contribution in [0.25, 0.3) is 0 Å². The topological polar surface area (TPSA) is 75.7 Å². The first-order valence-corrected chi connectivity index (χ1v) is 8.33. The number of aryl methyl sites for hydroxylation is 1. The normalized spacial score (nSPS) is 17.3. The molecule has 1 atom stereocenters. The molecule has 1 unspecified atom stereocenters. The quantitative estimate of drug-likeness (QED) is 0.669. The Kier molecular flexibility index (Phi) is 6.20. The van der Waals surface area contributed by atoms with Crippen LogP contribution < -0.4 is 5.32 Å². The number of anilines is 1. The molecule has 1 aromatic carbocycles. The van der Waals surface area contributed by atoms with Crippen molar-refractivity contribution >= 4 is 35.1 Å². The molecule has 1 aromatic rings. The van der Waals surface area contributed by atoms with E-state index in [0.29, 0.717) is 36.7 Å². The molecule has 1 aliphatic rings. The van der Waals surface area contributed by atoms with E-state index in [4.69, 9.17) is 16.3 Å². The Hall–Kier alpha value is -2.08. The van der Waals surface area contributed by atoms with Crippen LogP contribution in [0.3, 0.4) is 0 Å². The van der Waals surface area contributed by atoms with Gasteiger partial charge < -0.3 is 15.0 Å². The molecule has 1 aliphatic heterocycles. The van der Waals surface area contributed by atoms with Gasteiger partial charge in [-0.05, 0) is 44.4 Å². The van der Waals surface area contributed by atoms with Gasteiger partial charge in [0.05, 0.1) is 12.5 Å². The maximum atomic E-state index is 12.4. The van der Waals surface area contributed by atoms with Gasteiger partial charge in [0.25, 0.3) is 0 Å². The van der Waals surface area contributed by atoms with Crippen LogP contribution in [0.15, 0.2) is 18.2 Å². The molecule has 0 saturated carbocycles. The maximum Gasteiger partial charge on any atom is 0.313 e. The summed E-state index contributed by atoms with van der Waals surface area (Å²) in [6.07, 6.45) is 1.33. The average Bonchev–Trinajstić information content (AvgIpc) is 2.57. The molecular weight excluding hydrogens is 332 g/mol. The smallest absolute Gasteiger partial charge is 0.313 e. The summed E-state index contributed by atoms with van der Waals surface area (Å²) >= 11 is 5.91. The number of carbonyl (C=O) groups excluding carboxylic acids is 3. The number of halogens is 1. The highest BCUT2D eigenvalue weighted by Gasteiger charge is 2.32. The number of nitrogens with one attached hydrogen (secondary N) is 1. The fraction of sp³-hybridized carbons (Fsp3) is 0.471. The molecule has 1 N–H and O–H groups in total. The van der Waals surface area contributed by atoms with Crippen LogP contribution in [-0.2, 0) is 19.1 Å². The molecule has 1 saturated heterocycles. The van der Waals surface area contributed by atoms with Gasteiger partial charge in [-0.25, -0.2) is 0 Å². The molecule has 0 radical (unpaired) electrons. The molecule has 24 heavy (non-hydrogen) atoms. The summed E-state index contributed by atoms with van der Waals surface area (Å²) in [5.41, 5.74) is 1.31. The number of benzene rings is 1. The summed E-state index contributed by atoms with van der Waals surface area (Å²) in [6, 6.07) is 5.07. The first-order valence-electron chi connectivity index (χ1n) is 7.95. The highest BCUT2D eigenvalue weighted by atomic mass is 35.5. The monoisotopic (exact) mass is 352 g/mol. The Labute approximate surface area is 146 Å². The highest BCUT2D eigenvalue weighted by molar-refractivity contribution is 6.40. The van der Waals surface area contributed by atoms with Crippen LogP contribution in [0.2, 0.25) is 5.02 Å². The molecule has 2 rings (SSSR count). The van der Waals surface area contributed by atoms with Gasteiger partial charge in [0.1, 0.15) is 0 Å². The van der Waals surface area contributed by atoms with Crippen molar-refractivity contribution in [3.8, 4) is 0 Å². The van der Waals surface area contributed by atoms with Gasteiger partial charge in [0.15, 0.2) is 0 Å². The Morgan fingerprint density at radius 1 is 1.38 bits per heavy atom. The number of piperidine rings is 1. The van der Waals surface area contributed by atoms with Crippen molar-refractivity contribution in [3.63, 3.8) is 0 Å². The Balaban J connectivity index is 2.01. The SMILES string of the molecule is CCOC(=O)C1CCCN(C(=O)C(=O)Nc2cc(Cl)ccc2C)C1. The predicted octanol–water partition coefficient (Wildman–Crippen LogP) is 2.39. The molecule has 0 aliphatic carbocycles. The van der Waals surface area contributed by atoms with Crippen molar-refractivity contribution in [1.82, 2.24) is 4.90 Å². The van der Waals surface area contributed by atoms with E-state index in [1.165, 1.54) is 4.90 Å². The highest BCUT2D eigenvalue weighted by Crippen LogP contribution is 2.21. The first kappa shape index (κ1) is 18.3. The van der Waals surface area contributed by atoms with E-state index in [1.54, 1.807) is 25.1 Å². The summed E-state index contributed by atoms with van der Waals surface area (Å²) in [6.45, 7) is 4.52. The molecule has 130 valence electrons. The number of hydrogen-bond acceptors (Lipinski definition) is 4. The van der Waals surface area contributed by atoms with Crippen LogP contribution in [0.5, 0.6) is 0 Å². The number of rotatable bonds is 3. The third-order valence-electron chi connectivity index (χ3n) is 3.97. The lowest BCUT2D eigenvalue weighted by atomic mass is 9.98. The first-order chi connectivity index (χ1) is 11.4. The number of ether oxygens (including phenoxy) is 1. The van der Waals surface area contributed by atoms with E-state index in [0.717, 1.165) is 5.56 Å². The molecule has 1 fully saturated rings. The molecule has 7 heteroatoms. The van der Waals surface area contributed by atoms with Gasteiger partial charge in [-0.15, -0.1) is 0 Å². The van der Waals surface area contributed by atoms with Crippen molar-refractivity contribution in [3.05, 3.63) is 28.8 Å². The van der Waals surface area contributed by atoms with Crippen LogP contribution >= 0.6 is 11.6 Å². The zero-order valence-corrected chi connectivity index (χ0v) is 14.6. The summed E-state index contributed by atoms with van der Waals surface area (Å²) < 4.78 is 5.00. The van der Waals surface area contributed by atoms with E-state index in [1.807, 2.05) is 6.92 Å². The second-order valence-electron chi connectivity index (χ2n) is 5.76. The lowest BCUT2D eigenvalue weighted by Gasteiger charge is -2.31. The number of likely N-dealkylation sites (tertiary alicyclic amines) is 1. The van der Waals surface area contributed by atoms with Crippen molar-refractivity contribution in [1.29, 1.82) is 0 Å². The van der Waals surface area contributed by atoms with Gasteiger partial charge in [-0.3, -0.25) is 14.4 Å². The van der Waals surface area contributed by atoms with Crippen LogP contribution in [0, 0.1) is 12.8 Å². The number of carbonyl (C=O) groups is 3. The summed E-state index contributed by atoms with van der Waals surface area (Å²) in [4.78, 5) is 37.8. The summed E-state index contributed by atoms with van der Waals surface area (Å²) in [5, 5.41) is 3.06. The minimum absolute atomic E-state index is 0.208. The molecule has 0 bridgehead atoms. The standard InChI is InChI=1S/C17H21ClN2O4/c1-3-24-17(23)12-5-4-8-20(10-12)16(22)15(21)19-14-9-13(18)7-6-11(14)2/h6-7,9,12H,3-5,8,10H2,1-2H3,(H,19,21). The second-order valence-corrected chi connectivity index (χ2v) is 6.19. The summed E-state index contributed by atoms with van der Waals surface area (Å²) in [5.74, 6) is -2.07. The lowest BCUT2D eigenvalue weighted by Crippen LogP contribution is -2.47. The van der Waals surface area contributed by atoms with Gasteiger partial charge in [0, 0.05) is 23.8 Å². The second kappa shape index (κ2) is 8.15. The maximum absolute atomic E-state index is 12.4. The average molecular weight is 353 g/mol. The minimum Gasteiger partial charge on any atom is -0.466 e. The van der Waals surface area contributed by atoms with E-state index >= 15 is 0 Å². The van der Waals surface area contributed by atoms with E-state index in [-0.39, 0.29) is 18.4 Å². The minimum atomic E-state index is -0.732. The molecule has 0 aromatic heterocycles. The molecular formula is C17H21ClN2O4.